The summed E-state index contributed by atoms with van der Waals surface area (Å²) in [5.74, 6) is 0.256. The molecule has 0 bridgehead atoms. The van der Waals surface area contributed by atoms with Gasteiger partial charge in [0.1, 0.15) is 0 Å². The molecule has 0 atom stereocenters. The number of rotatable bonds is 6. The Bertz CT molecular complexity index is 637. The highest BCUT2D eigenvalue weighted by molar-refractivity contribution is 7.07. The molecular weight excluding hydrogens is 320 g/mol. The maximum Gasteiger partial charge on any atom is 0.227 e. The molecule has 1 fully saturated rings. The minimum atomic E-state index is 0.256. The normalized spacial score (nSPS) is 16.3. The van der Waals surface area contributed by atoms with Crippen molar-refractivity contribution in [3.8, 4) is 0 Å². The van der Waals surface area contributed by atoms with E-state index < -0.39 is 0 Å². The van der Waals surface area contributed by atoms with Crippen LogP contribution in [0.1, 0.15) is 30.9 Å². The molecule has 2 aromatic heterocycles. The van der Waals surface area contributed by atoms with E-state index in [2.05, 4.69) is 28.5 Å². The van der Waals surface area contributed by atoms with Gasteiger partial charge in [0.2, 0.25) is 5.91 Å². The van der Waals surface area contributed by atoms with Gasteiger partial charge in [-0.1, -0.05) is 6.92 Å². The summed E-state index contributed by atoms with van der Waals surface area (Å²) in [7, 11) is 0. The summed E-state index contributed by atoms with van der Waals surface area (Å²) in [5.41, 5.74) is 2.40. The van der Waals surface area contributed by atoms with E-state index in [4.69, 9.17) is 0 Å². The van der Waals surface area contributed by atoms with E-state index in [0.717, 1.165) is 57.7 Å². The molecule has 5 nitrogen and oxygen atoms in total. The molecule has 130 valence electrons. The van der Waals surface area contributed by atoms with Crippen molar-refractivity contribution in [2.45, 2.75) is 39.3 Å². The zero-order valence-electron chi connectivity index (χ0n) is 14.4. The molecule has 0 radical (unpaired) electrons. The number of aryl methyl sites for hydroxylation is 1. The highest BCUT2D eigenvalue weighted by Crippen LogP contribution is 2.12. The van der Waals surface area contributed by atoms with Gasteiger partial charge < -0.3 is 4.90 Å². The van der Waals surface area contributed by atoms with Crippen LogP contribution >= 0.6 is 11.3 Å². The molecule has 0 saturated carbocycles. The minimum Gasteiger partial charge on any atom is -0.341 e. The Labute approximate surface area is 147 Å². The Morgan fingerprint density at radius 2 is 2.17 bits per heavy atom. The summed E-state index contributed by atoms with van der Waals surface area (Å²) in [6.45, 7) is 7.75. The molecule has 3 rings (SSSR count). The number of carbonyl (C=O) groups is 1. The highest BCUT2D eigenvalue weighted by atomic mass is 32.1. The summed E-state index contributed by atoms with van der Waals surface area (Å²) < 4.78 is 2.02. The van der Waals surface area contributed by atoms with Crippen LogP contribution in [-0.4, -0.2) is 51.7 Å². The molecule has 1 saturated heterocycles. The van der Waals surface area contributed by atoms with Gasteiger partial charge in [0, 0.05) is 51.0 Å². The van der Waals surface area contributed by atoms with Crippen LogP contribution in [0.3, 0.4) is 0 Å². The molecule has 0 unspecified atom stereocenters. The Morgan fingerprint density at radius 1 is 1.25 bits per heavy atom. The summed E-state index contributed by atoms with van der Waals surface area (Å²) in [4.78, 5) is 16.9. The van der Waals surface area contributed by atoms with Crippen molar-refractivity contribution in [2.75, 3.05) is 26.2 Å². The number of hydrogen-bond acceptors (Lipinski definition) is 4. The van der Waals surface area contributed by atoms with Crippen molar-refractivity contribution < 1.29 is 4.79 Å². The third-order valence-corrected chi connectivity index (χ3v) is 5.15. The largest absolute Gasteiger partial charge is 0.341 e. The lowest BCUT2D eigenvalue weighted by Gasteiger charge is -2.21. The van der Waals surface area contributed by atoms with Gasteiger partial charge in [0.05, 0.1) is 12.6 Å². The van der Waals surface area contributed by atoms with Gasteiger partial charge in [0.25, 0.3) is 0 Å². The summed E-state index contributed by atoms with van der Waals surface area (Å²) >= 11 is 1.65. The lowest BCUT2D eigenvalue weighted by molar-refractivity contribution is -0.130. The van der Waals surface area contributed by atoms with E-state index in [-0.39, 0.29) is 5.91 Å². The first-order chi connectivity index (χ1) is 11.7. The van der Waals surface area contributed by atoms with Crippen LogP contribution < -0.4 is 0 Å². The second-order valence-electron chi connectivity index (χ2n) is 6.43. The molecule has 1 aliphatic heterocycles. The second-order valence-corrected chi connectivity index (χ2v) is 7.21. The molecular formula is C18H26N4OS. The van der Waals surface area contributed by atoms with E-state index >= 15 is 0 Å². The van der Waals surface area contributed by atoms with Crippen LogP contribution in [0.5, 0.6) is 0 Å². The topological polar surface area (TPSA) is 41.4 Å². The van der Waals surface area contributed by atoms with Crippen molar-refractivity contribution in [2.24, 2.45) is 0 Å². The lowest BCUT2D eigenvalue weighted by atomic mass is 10.2. The van der Waals surface area contributed by atoms with Crippen LogP contribution in [0, 0.1) is 0 Å². The first kappa shape index (κ1) is 17.2. The zero-order chi connectivity index (χ0) is 16.8. The minimum absolute atomic E-state index is 0.256. The SMILES string of the molecule is CCCn1cc(CN2CCCN(C(=O)Cc3ccsc3)CC2)cn1. The third kappa shape index (κ3) is 4.68. The van der Waals surface area contributed by atoms with Crippen molar-refractivity contribution in [1.82, 2.24) is 19.6 Å². The van der Waals surface area contributed by atoms with Crippen LogP contribution in [0.15, 0.2) is 29.2 Å². The van der Waals surface area contributed by atoms with Gasteiger partial charge in [-0.3, -0.25) is 14.4 Å². The first-order valence-electron chi connectivity index (χ1n) is 8.77. The van der Waals surface area contributed by atoms with Crippen LogP contribution in [-0.2, 0) is 24.3 Å². The summed E-state index contributed by atoms with van der Waals surface area (Å²) in [6.07, 6.45) is 6.80. The predicted molar refractivity (Wildman–Crippen MR) is 97.0 cm³/mol. The van der Waals surface area contributed by atoms with Gasteiger partial charge in [-0.15, -0.1) is 0 Å². The highest BCUT2D eigenvalue weighted by Gasteiger charge is 2.19. The fourth-order valence-corrected chi connectivity index (χ4v) is 3.82. The number of nitrogens with zero attached hydrogens (tertiary/aromatic N) is 4. The molecule has 24 heavy (non-hydrogen) atoms. The van der Waals surface area contributed by atoms with Gasteiger partial charge in [0.15, 0.2) is 0 Å². The fourth-order valence-electron chi connectivity index (χ4n) is 3.16. The fraction of sp³-hybridized carbons (Fsp3) is 0.556. The number of hydrogen-bond donors (Lipinski definition) is 0. The quantitative estimate of drug-likeness (QED) is 0.807. The first-order valence-corrected chi connectivity index (χ1v) is 9.71. The molecule has 3 heterocycles. The molecule has 0 spiro atoms. The molecule has 2 aromatic rings. The maximum absolute atomic E-state index is 12.5. The smallest absolute Gasteiger partial charge is 0.227 e. The van der Waals surface area contributed by atoms with E-state index in [1.807, 2.05) is 27.2 Å². The van der Waals surface area contributed by atoms with Crippen LogP contribution in [0.2, 0.25) is 0 Å². The van der Waals surface area contributed by atoms with Gasteiger partial charge in [-0.2, -0.15) is 16.4 Å². The number of aromatic nitrogens is 2. The third-order valence-electron chi connectivity index (χ3n) is 4.42. The van der Waals surface area contributed by atoms with Gasteiger partial charge in [-0.05, 0) is 35.2 Å². The van der Waals surface area contributed by atoms with Crippen molar-refractivity contribution in [3.63, 3.8) is 0 Å². The number of carbonyl (C=O) groups excluding carboxylic acids is 1. The average Bonchev–Trinajstić information content (AvgIpc) is 3.16. The summed E-state index contributed by atoms with van der Waals surface area (Å²) in [6, 6.07) is 2.04. The zero-order valence-corrected chi connectivity index (χ0v) is 15.2. The van der Waals surface area contributed by atoms with Crippen LogP contribution in [0.4, 0.5) is 0 Å². The lowest BCUT2D eigenvalue weighted by Crippen LogP contribution is -2.35. The molecule has 6 heteroatoms. The Morgan fingerprint density at radius 3 is 2.96 bits per heavy atom. The predicted octanol–water partition coefficient (Wildman–Crippen LogP) is 2.63. The molecule has 1 amide bonds. The molecule has 1 aliphatic rings. The summed E-state index contributed by atoms with van der Waals surface area (Å²) in [5, 5.41) is 8.50. The number of thiophene rings is 1. The van der Waals surface area contributed by atoms with Crippen molar-refractivity contribution in [1.29, 1.82) is 0 Å². The Balaban J connectivity index is 1.49. The van der Waals surface area contributed by atoms with Gasteiger partial charge in [-0.25, -0.2) is 0 Å². The van der Waals surface area contributed by atoms with E-state index in [0.29, 0.717) is 6.42 Å². The molecule has 0 aliphatic carbocycles. The Kier molecular flexibility index (Phi) is 6.04. The standard InChI is InChI=1S/C18H26N4OS/c1-2-5-22-14-17(12-19-22)13-20-6-3-7-21(9-8-20)18(23)11-16-4-10-24-15-16/h4,10,12,14-15H,2-3,5-9,11,13H2,1H3. The maximum atomic E-state index is 12.5. The van der Waals surface area contributed by atoms with Crippen molar-refractivity contribution in [3.05, 3.63) is 40.3 Å². The average molecular weight is 347 g/mol. The van der Waals surface area contributed by atoms with E-state index in [1.165, 1.54) is 5.56 Å². The number of amides is 1. The Hall–Kier alpha value is -1.66. The molecule has 0 aromatic carbocycles. The van der Waals surface area contributed by atoms with Crippen molar-refractivity contribution >= 4 is 17.2 Å². The monoisotopic (exact) mass is 346 g/mol. The van der Waals surface area contributed by atoms with E-state index in [9.17, 15) is 4.79 Å². The second kappa shape index (κ2) is 8.44. The van der Waals surface area contributed by atoms with Crippen LogP contribution in [0.25, 0.3) is 0 Å². The van der Waals surface area contributed by atoms with E-state index in [1.54, 1.807) is 11.3 Å². The van der Waals surface area contributed by atoms with Gasteiger partial charge >= 0.3 is 0 Å². The molecule has 0 N–H and O–H groups in total.